The lowest BCUT2D eigenvalue weighted by Gasteiger charge is -2.32. The molecule has 1 aliphatic rings. The molecule has 1 saturated heterocycles. The van der Waals surface area contributed by atoms with Crippen molar-refractivity contribution >= 4 is 11.8 Å². The SMILES string of the molecule is Cn1cc(C(=O)N2CCO[C@H](c3ccc(C(N)=O)cn3)C2)cn1. The topological polar surface area (TPSA) is 103 Å². The summed E-state index contributed by atoms with van der Waals surface area (Å²) in [4.78, 5) is 29.5. The second kappa shape index (κ2) is 6.17. The molecule has 8 heteroatoms. The maximum atomic E-state index is 12.5. The monoisotopic (exact) mass is 315 g/mol. The van der Waals surface area contributed by atoms with Crippen molar-refractivity contribution in [3.8, 4) is 0 Å². The maximum absolute atomic E-state index is 12.5. The van der Waals surface area contributed by atoms with Crippen molar-refractivity contribution in [3.63, 3.8) is 0 Å². The number of ether oxygens (including phenoxy) is 1. The highest BCUT2D eigenvalue weighted by Gasteiger charge is 2.27. The van der Waals surface area contributed by atoms with Crippen LogP contribution in [-0.4, -0.2) is 51.2 Å². The minimum absolute atomic E-state index is 0.0832. The van der Waals surface area contributed by atoms with Crippen molar-refractivity contribution in [3.05, 3.63) is 47.5 Å². The van der Waals surface area contributed by atoms with Gasteiger partial charge >= 0.3 is 0 Å². The first kappa shape index (κ1) is 15.2. The van der Waals surface area contributed by atoms with Gasteiger partial charge in [0, 0.05) is 26.0 Å². The van der Waals surface area contributed by atoms with Gasteiger partial charge < -0.3 is 15.4 Å². The van der Waals surface area contributed by atoms with Crippen LogP contribution >= 0.6 is 0 Å². The molecule has 8 nitrogen and oxygen atoms in total. The number of morpholine rings is 1. The smallest absolute Gasteiger partial charge is 0.257 e. The van der Waals surface area contributed by atoms with Crippen molar-refractivity contribution in [2.24, 2.45) is 12.8 Å². The van der Waals surface area contributed by atoms with Crippen LogP contribution < -0.4 is 5.73 Å². The molecule has 23 heavy (non-hydrogen) atoms. The molecule has 2 aromatic rings. The predicted molar refractivity (Wildman–Crippen MR) is 80.6 cm³/mol. The van der Waals surface area contributed by atoms with Crippen LogP contribution in [0.5, 0.6) is 0 Å². The summed E-state index contributed by atoms with van der Waals surface area (Å²) < 4.78 is 7.28. The average molecular weight is 315 g/mol. The molecule has 2 N–H and O–H groups in total. The zero-order valence-corrected chi connectivity index (χ0v) is 12.7. The Morgan fingerprint density at radius 2 is 2.13 bits per heavy atom. The van der Waals surface area contributed by atoms with Gasteiger partial charge in [-0.15, -0.1) is 0 Å². The lowest BCUT2D eigenvalue weighted by atomic mass is 10.1. The van der Waals surface area contributed by atoms with Gasteiger partial charge in [-0.1, -0.05) is 0 Å². The van der Waals surface area contributed by atoms with E-state index in [0.29, 0.717) is 36.5 Å². The second-order valence-electron chi connectivity index (χ2n) is 5.35. The Bertz CT molecular complexity index is 725. The standard InChI is InChI=1S/C15H17N5O3/c1-19-8-11(7-18-19)15(22)20-4-5-23-13(9-20)12-3-2-10(6-17-12)14(16)21/h2-3,6-8,13H,4-5,9H2,1H3,(H2,16,21)/t13-/m0/s1. The summed E-state index contributed by atoms with van der Waals surface area (Å²) in [7, 11) is 1.77. The summed E-state index contributed by atoms with van der Waals surface area (Å²) in [6.45, 7) is 1.34. The van der Waals surface area contributed by atoms with Crippen LogP contribution in [0.3, 0.4) is 0 Å². The number of nitrogens with zero attached hydrogens (tertiary/aromatic N) is 4. The van der Waals surface area contributed by atoms with Crippen molar-refractivity contribution in [1.82, 2.24) is 19.7 Å². The summed E-state index contributed by atoms with van der Waals surface area (Å²) in [5.74, 6) is -0.609. The minimum atomic E-state index is -0.526. The highest BCUT2D eigenvalue weighted by Crippen LogP contribution is 2.22. The number of carbonyl (C=O) groups is 2. The maximum Gasteiger partial charge on any atom is 0.257 e. The number of pyridine rings is 1. The van der Waals surface area contributed by atoms with E-state index in [4.69, 9.17) is 10.5 Å². The van der Waals surface area contributed by atoms with Gasteiger partial charge in [0.2, 0.25) is 5.91 Å². The molecule has 0 unspecified atom stereocenters. The number of aromatic nitrogens is 3. The Hall–Kier alpha value is -2.74. The Kier molecular flexibility index (Phi) is 4.07. The molecule has 3 heterocycles. The molecular formula is C15H17N5O3. The van der Waals surface area contributed by atoms with Gasteiger partial charge in [-0.2, -0.15) is 5.10 Å². The number of carbonyl (C=O) groups excluding carboxylic acids is 2. The number of aryl methyl sites for hydroxylation is 1. The van der Waals surface area contributed by atoms with E-state index in [9.17, 15) is 9.59 Å². The normalized spacial score (nSPS) is 18.0. The van der Waals surface area contributed by atoms with Crippen molar-refractivity contribution < 1.29 is 14.3 Å². The highest BCUT2D eigenvalue weighted by atomic mass is 16.5. The Morgan fingerprint density at radius 3 is 2.74 bits per heavy atom. The molecule has 2 amide bonds. The van der Waals surface area contributed by atoms with Gasteiger partial charge in [-0.05, 0) is 12.1 Å². The van der Waals surface area contributed by atoms with Crippen molar-refractivity contribution in [2.45, 2.75) is 6.10 Å². The number of amides is 2. The van der Waals surface area contributed by atoms with Crippen LogP contribution in [0.25, 0.3) is 0 Å². The molecule has 0 bridgehead atoms. The first-order chi connectivity index (χ1) is 11.0. The molecule has 2 aromatic heterocycles. The lowest BCUT2D eigenvalue weighted by Crippen LogP contribution is -2.42. The molecular weight excluding hydrogens is 298 g/mol. The number of hydrogen-bond acceptors (Lipinski definition) is 5. The summed E-state index contributed by atoms with van der Waals surface area (Å²) in [5, 5.41) is 4.02. The lowest BCUT2D eigenvalue weighted by molar-refractivity contribution is -0.0247. The van der Waals surface area contributed by atoms with Gasteiger partial charge in [0.1, 0.15) is 6.10 Å². The molecule has 120 valence electrons. The third kappa shape index (κ3) is 3.21. The van der Waals surface area contributed by atoms with E-state index < -0.39 is 5.91 Å². The molecule has 0 saturated carbocycles. The van der Waals surface area contributed by atoms with Crippen molar-refractivity contribution in [1.29, 1.82) is 0 Å². The summed E-state index contributed by atoms with van der Waals surface area (Å²) in [6, 6.07) is 3.30. The minimum Gasteiger partial charge on any atom is -0.368 e. The van der Waals surface area contributed by atoms with E-state index in [1.807, 2.05) is 0 Å². The second-order valence-corrected chi connectivity index (χ2v) is 5.35. The van der Waals surface area contributed by atoms with Gasteiger partial charge in [0.25, 0.3) is 5.91 Å². The first-order valence-electron chi connectivity index (χ1n) is 7.20. The van der Waals surface area contributed by atoms with Crippen LogP contribution in [-0.2, 0) is 11.8 Å². The average Bonchev–Trinajstić information content (AvgIpc) is 3.01. The summed E-state index contributed by atoms with van der Waals surface area (Å²) in [6.07, 6.45) is 4.33. The number of hydrogen-bond donors (Lipinski definition) is 1. The van der Waals surface area contributed by atoms with Crippen LogP contribution in [0.4, 0.5) is 0 Å². The van der Waals surface area contributed by atoms with Gasteiger partial charge in [-0.3, -0.25) is 19.3 Å². The Morgan fingerprint density at radius 1 is 1.30 bits per heavy atom. The molecule has 1 aliphatic heterocycles. The van der Waals surface area contributed by atoms with Gasteiger partial charge in [0.15, 0.2) is 0 Å². The molecule has 0 radical (unpaired) electrons. The van der Waals surface area contributed by atoms with Crippen LogP contribution in [0, 0.1) is 0 Å². The largest absolute Gasteiger partial charge is 0.368 e. The summed E-state index contributed by atoms with van der Waals surface area (Å²) in [5.41, 5.74) is 6.75. The molecule has 1 fully saturated rings. The summed E-state index contributed by atoms with van der Waals surface area (Å²) >= 11 is 0. The highest BCUT2D eigenvalue weighted by molar-refractivity contribution is 5.94. The zero-order chi connectivity index (χ0) is 16.4. The van der Waals surface area contributed by atoms with Crippen molar-refractivity contribution in [2.75, 3.05) is 19.7 Å². The molecule has 0 aromatic carbocycles. The van der Waals surface area contributed by atoms with E-state index in [1.54, 1.807) is 41.2 Å². The zero-order valence-electron chi connectivity index (χ0n) is 12.7. The van der Waals surface area contributed by atoms with E-state index in [0.717, 1.165) is 0 Å². The van der Waals surface area contributed by atoms with E-state index in [2.05, 4.69) is 10.1 Å². The van der Waals surface area contributed by atoms with Crippen LogP contribution in [0.15, 0.2) is 30.7 Å². The quantitative estimate of drug-likeness (QED) is 0.867. The van der Waals surface area contributed by atoms with E-state index in [-0.39, 0.29) is 12.0 Å². The van der Waals surface area contributed by atoms with Gasteiger partial charge in [-0.25, -0.2) is 0 Å². The first-order valence-corrected chi connectivity index (χ1v) is 7.20. The number of rotatable bonds is 3. The fourth-order valence-electron chi connectivity index (χ4n) is 2.47. The third-order valence-electron chi connectivity index (χ3n) is 3.71. The molecule has 0 spiro atoms. The van der Waals surface area contributed by atoms with E-state index >= 15 is 0 Å². The number of nitrogens with two attached hydrogens (primary N) is 1. The van der Waals surface area contributed by atoms with Crippen LogP contribution in [0.1, 0.15) is 32.5 Å². The third-order valence-corrected chi connectivity index (χ3v) is 3.71. The molecule has 0 aliphatic carbocycles. The number of primary amides is 1. The van der Waals surface area contributed by atoms with E-state index in [1.165, 1.54) is 6.20 Å². The molecule has 1 atom stereocenters. The van der Waals surface area contributed by atoms with Gasteiger partial charge in [0.05, 0.1) is 36.2 Å². The fraction of sp³-hybridized carbons (Fsp3) is 0.333. The van der Waals surface area contributed by atoms with Crippen LogP contribution in [0.2, 0.25) is 0 Å². The predicted octanol–water partition coefficient (Wildman–Crippen LogP) is 0.128. The fourth-order valence-corrected chi connectivity index (χ4v) is 2.47. The Labute approximate surface area is 132 Å². The Balaban J connectivity index is 1.72. The molecule has 3 rings (SSSR count).